The van der Waals surface area contributed by atoms with E-state index < -0.39 is 48.1 Å². The van der Waals surface area contributed by atoms with Gasteiger partial charge in [0.2, 0.25) is 0 Å². The van der Waals surface area contributed by atoms with Gasteiger partial charge < -0.3 is 52.0 Å². The summed E-state index contributed by atoms with van der Waals surface area (Å²) < 4.78 is 0.550. The average molecular weight is 589 g/mol. The fourth-order valence-corrected chi connectivity index (χ4v) is 3.06. The molecule has 1 aromatic carbocycles. The number of carbonyl (C=O) groups is 4. The molecular weight excluding hydrogens is 536 g/mol. The lowest BCUT2D eigenvalue weighted by molar-refractivity contribution is -0.873. The van der Waals surface area contributed by atoms with Gasteiger partial charge in [-0.05, 0) is 36.7 Å². The van der Waals surface area contributed by atoms with Crippen LogP contribution in [0.5, 0.6) is 0 Å². The molecule has 0 saturated carbocycles. The molecule has 0 bridgehead atoms. The first-order valence-electron chi connectivity index (χ1n) is 13.3. The van der Waals surface area contributed by atoms with E-state index in [4.69, 9.17) is 37.6 Å². The predicted molar refractivity (Wildman–Crippen MR) is 154 cm³/mol. The Morgan fingerprint density at radius 1 is 0.756 bits per heavy atom. The highest BCUT2D eigenvalue weighted by Gasteiger charge is 2.15. The molecule has 41 heavy (non-hydrogen) atoms. The number of aliphatic hydroxyl groups is 1. The van der Waals surface area contributed by atoms with Crippen LogP contribution in [0.15, 0.2) is 30.3 Å². The number of carbonyl (C=O) groups excluding carboxylic acids is 1. The van der Waals surface area contributed by atoms with Gasteiger partial charge in [-0.3, -0.25) is 14.4 Å². The van der Waals surface area contributed by atoms with E-state index in [1.54, 1.807) is 0 Å². The fraction of sp³-hybridized carbons (Fsp3) is 0.643. The Balaban J connectivity index is -0.000000474. The van der Waals surface area contributed by atoms with Gasteiger partial charge in [0.25, 0.3) is 0 Å². The molecule has 0 amide bonds. The van der Waals surface area contributed by atoms with Crippen LogP contribution >= 0.6 is 0 Å². The van der Waals surface area contributed by atoms with Gasteiger partial charge in [-0.1, -0.05) is 58.0 Å². The maximum Gasteiger partial charge on any atom is 0.320 e. The standard InChI is InChI=1S/C9H11NO2.C7H15NO3.2C6H13NO2/c10-8(9(11)12)6-7-4-2-1-3-5-7;1-8(2,3)5-6(9)4-7(10)11;2*1-4(2)3-5(7)6(8)9/h1-5,8H,6,10H2,(H,11,12);6,9H,4-5H2,1-3H3;2*4-5H,3,7H2,1-2H3,(H,8,9)/t8-;;;/m0.../s1. The van der Waals surface area contributed by atoms with E-state index in [0.29, 0.717) is 42.1 Å². The van der Waals surface area contributed by atoms with Gasteiger partial charge in [-0.2, -0.15) is 0 Å². The SMILES string of the molecule is CC(C)CC(N)C(=O)O.CC(C)CC(N)C(=O)O.C[N+](C)(C)CC(O)CC(=O)[O-].N[C@@H](Cc1ccccc1)C(=O)O. The molecule has 0 saturated heterocycles. The lowest BCUT2D eigenvalue weighted by Crippen LogP contribution is -2.43. The number of nitrogens with two attached hydrogens (primary N) is 3. The van der Waals surface area contributed by atoms with Crippen molar-refractivity contribution in [2.24, 2.45) is 29.0 Å². The van der Waals surface area contributed by atoms with Crippen LogP contribution in [-0.4, -0.2) is 101 Å². The third-order valence-corrected chi connectivity index (χ3v) is 4.86. The number of carboxylic acids is 4. The van der Waals surface area contributed by atoms with E-state index in [-0.39, 0.29) is 6.42 Å². The van der Waals surface area contributed by atoms with E-state index in [2.05, 4.69) is 0 Å². The van der Waals surface area contributed by atoms with Crippen LogP contribution in [0.3, 0.4) is 0 Å². The number of aliphatic hydroxyl groups excluding tert-OH is 1. The van der Waals surface area contributed by atoms with Crippen LogP contribution in [0, 0.1) is 11.8 Å². The Kier molecular flexibility index (Phi) is 23.3. The molecule has 0 aliphatic heterocycles. The van der Waals surface area contributed by atoms with Gasteiger partial charge in [0.05, 0.1) is 21.1 Å². The molecule has 0 aliphatic rings. The number of carboxylic acid groups (broad SMARTS) is 4. The van der Waals surface area contributed by atoms with E-state index in [9.17, 15) is 24.3 Å². The van der Waals surface area contributed by atoms with Crippen molar-refractivity contribution in [1.29, 1.82) is 0 Å². The van der Waals surface area contributed by atoms with E-state index in [1.807, 2.05) is 79.2 Å². The first-order valence-corrected chi connectivity index (χ1v) is 13.3. The molecule has 0 spiro atoms. The lowest BCUT2D eigenvalue weighted by Gasteiger charge is -2.26. The van der Waals surface area contributed by atoms with Crippen LogP contribution in [0.4, 0.5) is 0 Å². The second-order valence-corrected chi connectivity index (χ2v) is 11.5. The van der Waals surface area contributed by atoms with Gasteiger partial charge in [0, 0.05) is 12.4 Å². The molecule has 0 heterocycles. The lowest BCUT2D eigenvalue weighted by atomic mass is 10.1. The van der Waals surface area contributed by atoms with Gasteiger partial charge in [-0.15, -0.1) is 0 Å². The number of rotatable bonds is 13. The number of likely N-dealkylation sites (N-methyl/N-ethyl adjacent to an activating group) is 1. The highest BCUT2D eigenvalue weighted by molar-refractivity contribution is 5.74. The Hall–Kier alpha value is -3.10. The Labute approximate surface area is 243 Å². The number of nitrogens with zero attached hydrogens (tertiary/aromatic N) is 1. The Bertz CT molecular complexity index is 849. The van der Waals surface area contributed by atoms with Crippen molar-refractivity contribution in [2.45, 2.75) is 77.6 Å². The van der Waals surface area contributed by atoms with Crippen molar-refractivity contribution in [3.63, 3.8) is 0 Å². The zero-order valence-electron chi connectivity index (χ0n) is 25.4. The summed E-state index contributed by atoms with van der Waals surface area (Å²) in [5, 5.41) is 44.3. The molecule has 4 atom stereocenters. The third-order valence-electron chi connectivity index (χ3n) is 4.86. The van der Waals surface area contributed by atoms with Crippen molar-refractivity contribution < 1.29 is 49.2 Å². The zero-order chi connectivity index (χ0) is 32.9. The quantitative estimate of drug-likeness (QED) is 0.147. The summed E-state index contributed by atoms with van der Waals surface area (Å²) >= 11 is 0. The number of hydrogen-bond acceptors (Lipinski definition) is 9. The normalized spacial score (nSPS) is 13.6. The summed E-state index contributed by atoms with van der Waals surface area (Å²) in [5.74, 6) is -3.27. The number of benzene rings is 1. The largest absolute Gasteiger partial charge is 0.550 e. The first-order chi connectivity index (χ1) is 18.6. The van der Waals surface area contributed by atoms with Crippen molar-refractivity contribution in [3.8, 4) is 0 Å². The molecule has 13 nitrogen and oxygen atoms in total. The first kappa shape index (κ1) is 42.4. The molecule has 3 unspecified atom stereocenters. The molecule has 0 radical (unpaired) electrons. The van der Waals surface area contributed by atoms with Crippen LogP contribution < -0.4 is 22.3 Å². The second-order valence-electron chi connectivity index (χ2n) is 11.5. The van der Waals surface area contributed by atoms with Gasteiger partial charge in [-0.25, -0.2) is 0 Å². The zero-order valence-corrected chi connectivity index (χ0v) is 25.4. The van der Waals surface area contributed by atoms with Crippen molar-refractivity contribution in [1.82, 2.24) is 0 Å². The molecule has 10 N–H and O–H groups in total. The van der Waals surface area contributed by atoms with E-state index in [0.717, 1.165) is 5.56 Å². The van der Waals surface area contributed by atoms with Gasteiger partial charge in [0.15, 0.2) is 0 Å². The van der Waals surface area contributed by atoms with Crippen molar-refractivity contribution in [3.05, 3.63) is 35.9 Å². The van der Waals surface area contributed by atoms with Crippen LogP contribution in [0.2, 0.25) is 0 Å². The summed E-state index contributed by atoms with van der Waals surface area (Å²) in [6.45, 7) is 8.21. The molecule has 0 fully saturated rings. The molecular formula is C28H52N4O9. The number of aliphatic carboxylic acids is 4. The Morgan fingerprint density at radius 2 is 1.12 bits per heavy atom. The maximum atomic E-state index is 10.4. The summed E-state index contributed by atoms with van der Waals surface area (Å²) in [7, 11) is 5.66. The maximum absolute atomic E-state index is 10.4. The summed E-state index contributed by atoms with van der Waals surface area (Å²) in [6, 6.07) is 7.16. The van der Waals surface area contributed by atoms with Gasteiger partial charge in [0.1, 0.15) is 30.8 Å². The molecule has 1 rings (SSSR count). The van der Waals surface area contributed by atoms with E-state index >= 15 is 0 Å². The number of hydrogen-bond donors (Lipinski definition) is 7. The molecule has 0 aliphatic carbocycles. The van der Waals surface area contributed by atoms with Crippen LogP contribution in [0.1, 0.15) is 52.5 Å². The smallest absolute Gasteiger partial charge is 0.320 e. The summed E-state index contributed by atoms with van der Waals surface area (Å²) in [4.78, 5) is 40.6. The van der Waals surface area contributed by atoms with Crippen molar-refractivity contribution in [2.75, 3.05) is 27.7 Å². The third kappa shape index (κ3) is 31.3. The monoisotopic (exact) mass is 588 g/mol. The highest BCUT2D eigenvalue weighted by Crippen LogP contribution is 2.03. The second kappa shape index (κ2) is 22.6. The molecule has 238 valence electrons. The highest BCUT2D eigenvalue weighted by atomic mass is 16.4. The minimum atomic E-state index is -1.20. The average Bonchev–Trinajstić information content (AvgIpc) is 2.78. The van der Waals surface area contributed by atoms with Crippen molar-refractivity contribution >= 4 is 23.9 Å². The summed E-state index contributed by atoms with van der Waals surface area (Å²) in [6.07, 6.45) is 0.399. The fourth-order valence-electron chi connectivity index (χ4n) is 3.06. The molecule has 13 heteroatoms. The minimum absolute atomic E-state index is 0.282. The van der Waals surface area contributed by atoms with Crippen LogP contribution in [-0.2, 0) is 25.6 Å². The summed E-state index contributed by atoms with van der Waals surface area (Å²) in [5.41, 5.74) is 16.7. The number of quaternary nitrogens is 1. The Morgan fingerprint density at radius 3 is 1.37 bits per heavy atom. The van der Waals surface area contributed by atoms with E-state index in [1.165, 1.54) is 0 Å². The predicted octanol–water partition coefficient (Wildman–Crippen LogP) is -0.277. The topological polar surface area (TPSA) is 250 Å². The molecule has 0 aromatic heterocycles. The minimum Gasteiger partial charge on any atom is -0.550 e. The van der Waals surface area contributed by atoms with Gasteiger partial charge >= 0.3 is 17.9 Å². The molecule has 1 aromatic rings. The van der Waals surface area contributed by atoms with Crippen LogP contribution in [0.25, 0.3) is 0 Å².